The molecule has 1 N–H and O–H groups in total. The van der Waals surface area contributed by atoms with Gasteiger partial charge in [0, 0.05) is 16.7 Å². The van der Waals surface area contributed by atoms with Gasteiger partial charge in [-0.05, 0) is 34.1 Å². The fourth-order valence-corrected chi connectivity index (χ4v) is 1.43. The minimum Gasteiger partial charge on any atom is -0.382 e. The van der Waals surface area contributed by atoms with E-state index in [2.05, 4.69) is 21.2 Å². The summed E-state index contributed by atoms with van der Waals surface area (Å²) in [6.07, 6.45) is 0. The molecule has 1 aromatic carbocycles. The highest BCUT2D eigenvalue weighted by Gasteiger charge is 1.99. The fraction of sp³-hybridized carbons (Fsp3) is 0.222. The number of rotatable bonds is 3. The number of hydrogen-bond acceptors (Lipinski definition) is 2. The van der Waals surface area contributed by atoms with Crippen LogP contribution in [0.15, 0.2) is 22.7 Å². The van der Waals surface area contributed by atoms with Crippen molar-refractivity contribution in [3.63, 3.8) is 0 Å². The first kappa shape index (κ1) is 10.0. The van der Waals surface area contributed by atoms with Crippen molar-refractivity contribution in [3.8, 4) is 6.07 Å². The zero-order valence-corrected chi connectivity index (χ0v) is 8.44. The van der Waals surface area contributed by atoms with Crippen molar-refractivity contribution in [1.29, 1.82) is 5.26 Å². The molecule has 0 aromatic heterocycles. The monoisotopic (exact) mass is 242 g/mol. The van der Waals surface area contributed by atoms with Crippen LogP contribution in [0.4, 0.5) is 10.1 Å². The van der Waals surface area contributed by atoms with Crippen molar-refractivity contribution < 1.29 is 4.39 Å². The van der Waals surface area contributed by atoms with E-state index in [-0.39, 0.29) is 6.54 Å². The second kappa shape index (κ2) is 4.83. The Morgan fingerprint density at radius 3 is 2.85 bits per heavy atom. The smallest absolute Gasteiger partial charge is 0.107 e. The molecular formula is C9H8BrFN2. The minimum absolute atomic E-state index is 0.282. The predicted molar refractivity (Wildman–Crippen MR) is 53.3 cm³/mol. The van der Waals surface area contributed by atoms with Gasteiger partial charge >= 0.3 is 0 Å². The predicted octanol–water partition coefficient (Wildman–Crippen LogP) is 2.70. The van der Waals surface area contributed by atoms with Crippen molar-refractivity contribution in [2.24, 2.45) is 0 Å². The number of hydrogen-bond donors (Lipinski definition) is 1. The van der Waals surface area contributed by atoms with Crippen LogP contribution >= 0.6 is 15.9 Å². The second-order valence-electron chi connectivity index (χ2n) is 2.42. The molecule has 13 heavy (non-hydrogen) atoms. The zero-order chi connectivity index (χ0) is 9.68. The molecule has 1 aromatic rings. The molecule has 0 radical (unpaired) electrons. The van der Waals surface area contributed by atoms with E-state index in [1.807, 2.05) is 6.07 Å². The molecule has 1 rings (SSSR count). The minimum atomic E-state index is -0.410. The van der Waals surface area contributed by atoms with Crippen LogP contribution in [-0.2, 0) is 0 Å². The lowest BCUT2D eigenvalue weighted by molar-refractivity contribution is 0.512. The first-order valence-corrected chi connectivity index (χ1v) is 4.56. The van der Waals surface area contributed by atoms with E-state index in [4.69, 9.17) is 5.26 Å². The lowest BCUT2D eigenvalue weighted by atomic mass is 10.2. The number of nitrogens with one attached hydrogen (secondary N) is 1. The van der Waals surface area contributed by atoms with Crippen LogP contribution in [-0.4, -0.2) is 13.2 Å². The van der Waals surface area contributed by atoms with Crippen molar-refractivity contribution >= 4 is 21.6 Å². The summed E-state index contributed by atoms with van der Waals surface area (Å²) >= 11 is 3.28. The summed E-state index contributed by atoms with van der Waals surface area (Å²) < 4.78 is 12.6. The normalized spacial score (nSPS) is 9.31. The van der Waals surface area contributed by atoms with E-state index in [9.17, 15) is 4.39 Å². The van der Waals surface area contributed by atoms with Gasteiger partial charge in [0.15, 0.2) is 0 Å². The number of benzene rings is 1. The van der Waals surface area contributed by atoms with Gasteiger partial charge in [0.05, 0.1) is 11.6 Å². The van der Waals surface area contributed by atoms with Gasteiger partial charge in [-0.2, -0.15) is 5.26 Å². The van der Waals surface area contributed by atoms with E-state index in [0.29, 0.717) is 5.56 Å². The number of alkyl halides is 1. The van der Waals surface area contributed by atoms with E-state index < -0.39 is 6.67 Å². The second-order valence-corrected chi connectivity index (χ2v) is 3.28. The summed E-state index contributed by atoms with van der Waals surface area (Å²) in [4.78, 5) is 0. The van der Waals surface area contributed by atoms with Gasteiger partial charge in [-0.3, -0.25) is 0 Å². The molecule has 2 nitrogen and oxygen atoms in total. The van der Waals surface area contributed by atoms with Crippen LogP contribution in [0.3, 0.4) is 0 Å². The molecule has 0 spiro atoms. The third kappa shape index (κ3) is 2.71. The van der Waals surface area contributed by atoms with Crippen LogP contribution in [0.1, 0.15) is 5.56 Å². The summed E-state index contributed by atoms with van der Waals surface area (Å²) in [5.41, 5.74) is 1.38. The number of halogens is 2. The summed E-state index contributed by atoms with van der Waals surface area (Å²) in [6.45, 7) is -0.128. The largest absolute Gasteiger partial charge is 0.382 e. The average Bonchev–Trinajstić information content (AvgIpc) is 2.16. The van der Waals surface area contributed by atoms with Crippen LogP contribution in [0, 0.1) is 11.3 Å². The molecule has 0 bridgehead atoms. The number of anilines is 1. The third-order valence-corrected chi connectivity index (χ3v) is 2.16. The van der Waals surface area contributed by atoms with E-state index in [1.165, 1.54) is 0 Å². The fourth-order valence-electron chi connectivity index (χ4n) is 0.910. The summed E-state index contributed by atoms with van der Waals surface area (Å²) in [5.74, 6) is 0. The highest BCUT2D eigenvalue weighted by Crippen LogP contribution is 2.22. The molecule has 0 saturated carbocycles. The van der Waals surface area contributed by atoms with Crippen molar-refractivity contribution in [2.45, 2.75) is 0 Å². The van der Waals surface area contributed by atoms with E-state index in [0.717, 1.165) is 10.2 Å². The van der Waals surface area contributed by atoms with Crippen LogP contribution in [0.5, 0.6) is 0 Å². The molecule has 0 heterocycles. The first-order chi connectivity index (χ1) is 6.27. The lowest BCUT2D eigenvalue weighted by Gasteiger charge is -2.05. The van der Waals surface area contributed by atoms with Gasteiger partial charge in [0.1, 0.15) is 6.67 Å². The maximum Gasteiger partial charge on any atom is 0.107 e. The number of nitriles is 1. The Balaban J connectivity index is 2.81. The Morgan fingerprint density at radius 2 is 2.31 bits per heavy atom. The van der Waals surface area contributed by atoms with Gasteiger partial charge in [0.25, 0.3) is 0 Å². The molecule has 4 heteroatoms. The molecular weight excluding hydrogens is 235 g/mol. The van der Waals surface area contributed by atoms with Gasteiger partial charge in [-0.15, -0.1) is 0 Å². The van der Waals surface area contributed by atoms with Crippen LogP contribution in [0.25, 0.3) is 0 Å². The molecule has 0 unspecified atom stereocenters. The molecule has 0 aliphatic heterocycles. The van der Waals surface area contributed by atoms with Crippen molar-refractivity contribution in [2.75, 3.05) is 18.5 Å². The Morgan fingerprint density at radius 1 is 1.54 bits per heavy atom. The van der Waals surface area contributed by atoms with Gasteiger partial charge in [-0.25, -0.2) is 4.39 Å². The molecule has 0 fully saturated rings. The SMILES string of the molecule is N#Cc1ccc(NCCF)c(Br)c1. The molecule has 0 atom stereocenters. The Hall–Kier alpha value is -1.08. The van der Waals surface area contributed by atoms with Gasteiger partial charge in [-0.1, -0.05) is 0 Å². The maximum absolute atomic E-state index is 11.8. The average molecular weight is 243 g/mol. The quantitative estimate of drug-likeness (QED) is 0.885. The van der Waals surface area contributed by atoms with Crippen LogP contribution in [0.2, 0.25) is 0 Å². The lowest BCUT2D eigenvalue weighted by Crippen LogP contribution is -2.03. The Kier molecular flexibility index (Phi) is 3.71. The summed E-state index contributed by atoms with van der Waals surface area (Å²) in [6, 6.07) is 7.15. The maximum atomic E-state index is 11.8. The van der Waals surface area contributed by atoms with Gasteiger partial charge < -0.3 is 5.32 Å². The van der Waals surface area contributed by atoms with E-state index in [1.54, 1.807) is 18.2 Å². The van der Waals surface area contributed by atoms with Gasteiger partial charge in [0.2, 0.25) is 0 Å². The topological polar surface area (TPSA) is 35.8 Å². The number of nitrogens with zero attached hydrogens (tertiary/aromatic N) is 1. The van der Waals surface area contributed by atoms with E-state index >= 15 is 0 Å². The molecule has 0 aliphatic carbocycles. The molecule has 0 saturated heterocycles. The zero-order valence-electron chi connectivity index (χ0n) is 6.85. The summed E-state index contributed by atoms with van der Waals surface area (Å²) in [5, 5.41) is 11.5. The molecule has 0 amide bonds. The highest BCUT2D eigenvalue weighted by atomic mass is 79.9. The third-order valence-electron chi connectivity index (χ3n) is 1.51. The Labute approximate surface area is 84.5 Å². The standard InChI is InChI=1S/C9H8BrFN2/c10-8-5-7(6-12)1-2-9(8)13-4-3-11/h1-2,5,13H,3-4H2. The van der Waals surface area contributed by atoms with Crippen molar-refractivity contribution in [3.05, 3.63) is 28.2 Å². The molecule has 0 aliphatic rings. The molecule has 68 valence electrons. The highest BCUT2D eigenvalue weighted by molar-refractivity contribution is 9.10. The summed E-state index contributed by atoms with van der Waals surface area (Å²) in [7, 11) is 0. The van der Waals surface area contributed by atoms with Crippen molar-refractivity contribution in [1.82, 2.24) is 0 Å². The Bertz CT molecular complexity index is 333. The van der Waals surface area contributed by atoms with Crippen LogP contribution < -0.4 is 5.32 Å². The first-order valence-electron chi connectivity index (χ1n) is 3.77.